The molecule has 3 rings (SSSR count). The van der Waals surface area contributed by atoms with E-state index >= 15 is 0 Å². The summed E-state index contributed by atoms with van der Waals surface area (Å²) in [4.78, 5) is 0. The number of rotatable bonds is 3. The van der Waals surface area contributed by atoms with Crippen molar-refractivity contribution in [2.75, 3.05) is 0 Å². The van der Waals surface area contributed by atoms with Crippen LogP contribution in [0.3, 0.4) is 0 Å². The SMILES string of the molecule is Cc1oc(-c2ccc(Cl)cc2)cc1C(Cl)C1CCCCC1. The third-order valence-electron chi connectivity index (χ3n) is 4.45. The first kappa shape index (κ1) is 15.0. The smallest absolute Gasteiger partial charge is 0.134 e. The van der Waals surface area contributed by atoms with Gasteiger partial charge in [0.25, 0.3) is 0 Å². The minimum absolute atomic E-state index is 0.0649. The van der Waals surface area contributed by atoms with E-state index in [0.29, 0.717) is 5.92 Å². The van der Waals surface area contributed by atoms with Crippen LogP contribution in [0.15, 0.2) is 34.7 Å². The molecule has 3 heteroatoms. The highest BCUT2D eigenvalue weighted by molar-refractivity contribution is 6.30. The zero-order valence-electron chi connectivity index (χ0n) is 12.2. The van der Waals surface area contributed by atoms with E-state index in [1.165, 1.54) is 32.1 Å². The van der Waals surface area contributed by atoms with Crippen molar-refractivity contribution in [3.63, 3.8) is 0 Å². The number of benzene rings is 1. The molecule has 0 radical (unpaired) electrons. The van der Waals surface area contributed by atoms with Gasteiger partial charge >= 0.3 is 0 Å². The Labute approximate surface area is 136 Å². The molecule has 21 heavy (non-hydrogen) atoms. The molecule has 0 saturated heterocycles. The predicted molar refractivity (Wildman–Crippen MR) is 89.1 cm³/mol. The van der Waals surface area contributed by atoms with Crippen LogP contribution in [-0.2, 0) is 0 Å². The Morgan fingerprint density at radius 3 is 2.43 bits per heavy atom. The van der Waals surface area contributed by atoms with E-state index in [0.717, 1.165) is 27.7 Å². The molecule has 1 atom stereocenters. The van der Waals surface area contributed by atoms with Crippen LogP contribution in [0.1, 0.15) is 48.8 Å². The maximum Gasteiger partial charge on any atom is 0.134 e. The lowest BCUT2D eigenvalue weighted by Crippen LogP contribution is -2.12. The average Bonchev–Trinajstić information content (AvgIpc) is 2.90. The zero-order valence-corrected chi connectivity index (χ0v) is 13.8. The quantitative estimate of drug-likeness (QED) is 0.568. The van der Waals surface area contributed by atoms with Crippen LogP contribution in [0.25, 0.3) is 11.3 Å². The topological polar surface area (TPSA) is 13.1 Å². The van der Waals surface area contributed by atoms with Crippen molar-refractivity contribution in [2.45, 2.75) is 44.4 Å². The first-order valence-electron chi connectivity index (χ1n) is 7.65. The van der Waals surface area contributed by atoms with Crippen molar-refractivity contribution >= 4 is 23.2 Å². The van der Waals surface area contributed by atoms with Gasteiger partial charge in [0.1, 0.15) is 11.5 Å². The first-order chi connectivity index (χ1) is 10.1. The van der Waals surface area contributed by atoms with Crippen LogP contribution in [0.5, 0.6) is 0 Å². The molecule has 1 aliphatic rings. The fraction of sp³-hybridized carbons (Fsp3) is 0.444. The second-order valence-corrected chi connectivity index (χ2v) is 6.84. The van der Waals surface area contributed by atoms with Gasteiger partial charge in [-0.1, -0.05) is 30.9 Å². The second-order valence-electron chi connectivity index (χ2n) is 5.93. The molecule has 1 fully saturated rings. The Balaban J connectivity index is 1.85. The molecular weight excluding hydrogens is 303 g/mol. The monoisotopic (exact) mass is 322 g/mol. The van der Waals surface area contributed by atoms with E-state index in [9.17, 15) is 0 Å². The van der Waals surface area contributed by atoms with Crippen molar-refractivity contribution in [1.82, 2.24) is 0 Å². The number of hydrogen-bond acceptors (Lipinski definition) is 1. The lowest BCUT2D eigenvalue weighted by atomic mass is 9.84. The molecular formula is C18H20Cl2O. The zero-order chi connectivity index (χ0) is 14.8. The Morgan fingerprint density at radius 1 is 1.10 bits per heavy atom. The van der Waals surface area contributed by atoms with Crippen LogP contribution in [0.4, 0.5) is 0 Å². The van der Waals surface area contributed by atoms with Crippen LogP contribution in [-0.4, -0.2) is 0 Å². The van der Waals surface area contributed by atoms with Gasteiger partial charge in [0.15, 0.2) is 0 Å². The standard InChI is InChI=1S/C18H20Cl2O/c1-12-16(18(20)14-5-3-2-4-6-14)11-17(21-12)13-7-9-15(19)10-8-13/h7-11,14,18H,2-6H2,1H3. The van der Waals surface area contributed by atoms with Gasteiger partial charge in [0.2, 0.25) is 0 Å². The van der Waals surface area contributed by atoms with Crippen molar-refractivity contribution in [1.29, 1.82) is 0 Å². The average molecular weight is 323 g/mol. The molecule has 112 valence electrons. The molecule has 0 spiro atoms. The summed E-state index contributed by atoms with van der Waals surface area (Å²) in [6, 6.07) is 9.83. The molecule has 0 amide bonds. The van der Waals surface area contributed by atoms with Gasteiger partial charge in [-0.3, -0.25) is 0 Å². The van der Waals surface area contributed by atoms with Crippen molar-refractivity contribution < 1.29 is 4.42 Å². The summed E-state index contributed by atoms with van der Waals surface area (Å²) in [5.41, 5.74) is 2.19. The summed E-state index contributed by atoms with van der Waals surface area (Å²) < 4.78 is 5.92. The molecule has 2 aromatic rings. The van der Waals surface area contributed by atoms with Gasteiger partial charge in [-0.25, -0.2) is 0 Å². The highest BCUT2D eigenvalue weighted by Gasteiger charge is 2.26. The molecule has 1 unspecified atom stereocenters. The fourth-order valence-corrected chi connectivity index (χ4v) is 3.80. The Bertz CT molecular complexity index is 594. The lowest BCUT2D eigenvalue weighted by Gasteiger charge is -2.25. The summed E-state index contributed by atoms with van der Waals surface area (Å²) in [7, 11) is 0. The Kier molecular flexibility index (Phi) is 4.61. The molecule has 0 N–H and O–H groups in total. The molecule has 1 saturated carbocycles. The minimum atomic E-state index is 0.0649. The van der Waals surface area contributed by atoms with E-state index < -0.39 is 0 Å². The molecule has 1 heterocycles. The van der Waals surface area contributed by atoms with E-state index in [1.807, 2.05) is 31.2 Å². The van der Waals surface area contributed by atoms with Gasteiger partial charge in [0, 0.05) is 16.1 Å². The summed E-state index contributed by atoms with van der Waals surface area (Å²) >= 11 is 12.7. The van der Waals surface area contributed by atoms with E-state index in [1.54, 1.807) is 0 Å². The third-order valence-corrected chi connectivity index (χ3v) is 5.29. The van der Waals surface area contributed by atoms with Crippen LogP contribution >= 0.6 is 23.2 Å². The van der Waals surface area contributed by atoms with Gasteiger partial charge in [0.05, 0.1) is 5.38 Å². The van der Waals surface area contributed by atoms with Crippen LogP contribution < -0.4 is 0 Å². The highest BCUT2D eigenvalue weighted by atomic mass is 35.5. The molecule has 0 aliphatic heterocycles. The first-order valence-corrected chi connectivity index (χ1v) is 8.47. The number of hydrogen-bond donors (Lipinski definition) is 0. The maximum atomic E-state index is 6.74. The fourth-order valence-electron chi connectivity index (χ4n) is 3.21. The van der Waals surface area contributed by atoms with Gasteiger partial charge in [-0.05, 0) is 56.0 Å². The van der Waals surface area contributed by atoms with E-state index in [4.69, 9.17) is 27.6 Å². The minimum Gasteiger partial charge on any atom is -0.461 e. The summed E-state index contributed by atoms with van der Waals surface area (Å²) in [6.07, 6.45) is 6.41. The largest absolute Gasteiger partial charge is 0.461 e. The van der Waals surface area contributed by atoms with Crippen molar-refractivity contribution in [3.8, 4) is 11.3 Å². The Morgan fingerprint density at radius 2 is 1.76 bits per heavy atom. The molecule has 1 aromatic heterocycles. The lowest BCUT2D eigenvalue weighted by molar-refractivity contribution is 0.346. The third kappa shape index (κ3) is 3.30. The predicted octanol–water partition coefficient (Wildman–Crippen LogP) is 6.77. The van der Waals surface area contributed by atoms with Crippen LogP contribution in [0.2, 0.25) is 5.02 Å². The molecule has 0 bridgehead atoms. The number of aryl methyl sites for hydroxylation is 1. The molecule has 1 aromatic carbocycles. The van der Waals surface area contributed by atoms with E-state index in [-0.39, 0.29) is 5.38 Å². The van der Waals surface area contributed by atoms with E-state index in [2.05, 4.69) is 6.07 Å². The summed E-state index contributed by atoms with van der Waals surface area (Å²) in [6.45, 7) is 2.01. The molecule has 1 aliphatic carbocycles. The number of halogens is 2. The van der Waals surface area contributed by atoms with Crippen molar-refractivity contribution in [2.24, 2.45) is 5.92 Å². The second kappa shape index (κ2) is 6.46. The van der Waals surface area contributed by atoms with Crippen molar-refractivity contribution in [3.05, 3.63) is 46.7 Å². The van der Waals surface area contributed by atoms with Crippen LogP contribution in [0, 0.1) is 12.8 Å². The molecule has 1 nitrogen and oxygen atoms in total. The normalized spacial score (nSPS) is 17.9. The Hall–Kier alpha value is -0.920. The highest BCUT2D eigenvalue weighted by Crippen LogP contribution is 2.42. The van der Waals surface area contributed by atoms with Gasteiger partial charge in [-0.15, -0.1) is 11.6 Å². The number of alkyl halides is 1. The van der Waals surface area contributed by atoms with Gasteiger partial charge in [-0.2, -0.15) is 0 Å². The summed E-state index contributed by atoms with van der Waals surface area (Å²) in [5.74, 6) is 2.39. The summed E-state index contributed by atoms with van der Waals surface area (Å²) in [5, 5.41) is 0.801. The van der Waals surface area contributed by atoms with Gasteiger partial charge < -0.3 is 4.42 Å². The maximum absolute atomic E-state index is 6.74. The number of furan rings is 1.